The summed E-state index contributed by atoms with van der Waals surface area (Å²) in [6, 6.07) is 17.1. The van der Waals surface area contributed by atoms with Crippen molar-refractivity contribution in [3.05, 3.63) is 59.7 Å². The molecule has 3 nitrogen and oxygen atoms in total. The third-order valence-electron chi connectivity index (χ3n) is 5.52. The molecule has 0 unspecified atom stereocenters. The molecule has 0 radical (unpaired) electrons. The van der Waals surface area contributed by atoms with Crippen LogP contribution in [0, 0.1) is 13.8 Å². The van der Waals surface area contributed by atoms with Crippen LogP contribution in [0.2, 0.25) is 0 Å². The van der Waals surface area contributed by atoms with Gasteiger partial charge < -0.3 is 10.2 Å². The van der Waals surface area contributed by atoms with Crippen LogP contribution in [-0.4, -0.2) is 16.5 Å². The fourth-order valence-corrected chi connectivity index (χ4v) is 4.56. The maximum Gasteiger partial charge on any atom is 0.202 e. The maximum absolute atomic E-state index is 5.73. The summed E-state index contributed by atoms with van der Waals surface area (Å²) in [5.41, 5.74) is 4.59. The smallest absolute Gasteiger partial charge is 0.202 e. The van der Waals surface area contributed by atoms with Crippen LogP contribution in [0.25, 0.3) is 0 Å². The fraction of sp³-hybridized carbons (Fsp3) is 0.364. The van der Waals surface area contributed by atoms with Gasteiger partial charge in [-0.3, -0.25) is 0 Å². The summed E-state index contributed by atoms with van der Waals surface area (Å²) in [7, 11) is 0. The van der Waals surface area contributed by atoms with Gasteiger partial charge in [-0.2, -0.15) is 0 Å². The first-order valence-corrected chi connectivity index (χ1v) is 9.83. The van der Waals surface area contributed by atoms with Crippen LogP contribution in [0.1, 0.15) is 43.2 Å². The standard InChI is InChI=1S/C22H25N3S/c1-16-9-11-19(12-10-16)25-21(26)24-20(22(25)13-4-3-5-14-22)23-18-8-6-7-17(2)15-18/h6-12,15H,3-5,13-14H2,1-2H3,(H,23,24,26). The van der Waals surface area contributed by atoms with Crippen LogP contribution < -0.4 is 10.2 Å². The van der Waals surface area contributed by atoms with E-state index in [1.54, 1.807) is 0 Å². The van der Waals surface area contributed by atoms with Crippen LogP contribution in [0.5, 0.6) is 0 Å². The van der Waals surface area contributed by atoms with Gasteiger partial charge in [0.15, 0.2) is 0 Å². The van der Waals surface area contributed by atoms with Crippen molar-refractivity contribution in [2.24, 2.45) is 4.99 Å². The molecule has 4 heteroatoms. The van der Waals surface area contributed by atoms with Crippen molar-refractivity contribution in [2.45, 2.75) is 51.5 Å². The van der Waals surface area contributed by atoms with Crippen LogP contribution >= 0.6 is 12.2 Å². The first-order chi connectivity index (χ1) is 12.6. The predicted octanol–water partition coefficient (Wildman–Crippen LogP) is 5.62. The monoisotopic (exact) mass is 363 g/mol. The Bertz CT molecular complexity index is 848. The molecule has 0 atom stereocenters. The van der Waals surface area contributed by atoms with Gasteiger partial charge in [-0.25, -0.2) is 4.99 Å². The SMILES string of the molecule is Cc1ccc(N2C(=S)N=C(Nc3cccc(C)c3)C23CCCCC3)cc1. The van der Waals surface area contributed by atoms with Crippen LogP contribution in [-0.2, 0) is 0 Å². The third-order valence-corrected chi connectivity index (χ3v) is 5.80. The number of aliphatic imine (C=N–C) groups is 1. The summed E-state index contributed by atoms with van der Waals surface area (Å²) in [5.74, 6) is 1.01. The van der Waals surface area contributed by atoms with E-state index in [4.69, 9.17) is 17.2 Å². The molecule has 1 N–H and O–H groups in total. The Labute approximate surface area is 161 Å². The molecule has 1 aliphatic carbocycles. The average Bonchev–Trinajstić information content (AvgIpc) is 2.88. The number of rotatable bonds is 2. The Hall–Kier alpha value is -2.20. The molecule has 2 aliphatic rings. The van der Waals surface area contributed by atoms with E-state index in [0.29, 0.717) is 5.11 Å². The molecule has 1 saturated carbocycles. The van der Waals surface area contributed by atoms with E-state index in [-0.39, 0.29) is 5.54 Å². The van der Waals surface area contributed by atoms with E-state index in [0.717, 1.165) is 30.1 Å². The maximum atomic E-state index is 5.73. The minimum absolute atomic E-state index is 0.145. The number of thiocarbonyl (C=S) groups is 1. The van der Waals surface area contributed by atoms with Gasteiger partial charge in [0.1, 0.15) is 11.4 Å². The highest BCUT2D eigenvalue weighted by Crippen LogP contribution is 2.42. The van der Waals surface area contributed by atoms with E-state index < -0.39 is 0 Å². The molecule has 1 fully saturated rings. The van der Waals surface area contributed by atoms with Gasteiger partial charge in [-0.05, 0) is 68.7 Å². The molecule has 2 aromatic carbocycles. The summed E-state index contributed by atoms with van der Waals surface area (Å²) in [5, 5.41) is 4.28. The Kier molecular flexibility index (Phi) is 4.53. The number of amidine groups is 1. The van der Waals surface area contributed by atoms with Gasteiger partial charge in [-0.15, -0.1) is 0 Å². The molecule has 0 bridgehead atoms. The lowest BCUT2D eigenvalue weighted by molar-refractivity contribution is 0.386. The Morgan fingerprint density at radius 2 is 1.69 bits per heavy atom. The minimum atomic E-state index is -0.145. The zero-order chi connectivity index (χ0) is 18.1. The number of nitrogens with one attached hydrogen (secondary N) is 1. The van der Waals surface area contributed by atoms with Crippen LogP contribution in [0.15, 0.2) is 53.5 Å². The lowest BCUT2D eigenvalue weighted by Crippen LogP contribution is -2.55. The van der Waals surface area contributed by atoms with E-state index in [9.17, 15) is 0 Å². The molecule has 2 aromatic rings. The fourth-order valence-electron chi connectivity index (χ4n) is 4.19. The van der Waals surface area contributed by atoms with Gasteiger partial charge >= 0.3 is 0 Å². The van der Waals surface area contributed by atoms with Crippen molar-refractivity contribution in [1.82, 2.24) is 0 Å². The van der Waals surface area contributed by atoms with E-state index in [1.807, 2.05) is 0 Å². The molecular weight excluding hydrogens is 338 g/mol. The molecule has 1 heterocycles. The highest BCUT2D eigenvalue weighted by atomic mass is 32.1. The van der Waals surface area contributed by atoms with E-state index >= 15 is 0 Å². The van der Waals surface area contributed by atoms with Crippen LogP contribution in [0.3, 0.4) is 0 Å². The van der Waals surface area contributed by atoms with Crippen LogP contribution in [0.4, 0.5) is 11.4 Å². The molecule has 0 aromatic heterocycles. The summed E-state index contributed by atoms with van der Waals surface area (Å²) >= 11 is 5.73. The first-order valence-electron chi connectivity index (χ1n) is 9.42. The molecule has 134 valence electrons. The van der Waals surface area contributed by atoms with Gasteiger partial charge in [0.25, 0.3) is 0 Å². The summed E-state index contributed by atoms with van der Waals surface area (Å²) < 4.78 is 0. The Morgan fingerprint density at radius 3 is 2.38 bits per heavy atom. The second-order valence-electron chi connectivity index (χ2n) is 7.50. The lowest BCUT2D eigenvalue weighted by atomic mass is 9.79. The molecule has 1 spiro atoms. The van der Waals surface area contributed by atoms with Crippen molar-refractivity contribution in [2.75, 3.05) is 10.2 Å². The topological polar surface area (TPSA) is 27.6 Å². The minimum Gasteiger partial charge on any atom is -0.342 e. The molecular formula is C22H25N3S. The molecule has 0 amide bonds. The Balaban J connectivity index is 1.73. The molecule has 26 heavy (non-hydrogen) atoms. The van der Waals surface area contributed by atoms with E-state index in [2.05, 4.69) is 72.6 Å². The number of hydrogen-bond donors (Lipinski definition) is 1. The lowest BCUT2D eigenvalue weighted by Gasteiger charge is -2.43. The highest BCUT2D eigenvalue weighted by molar-refractivity contribution is 7.80. The average molecular weight is 364 g/mol. The second kappa shape index (κ2) is 6.84. The second-order valence-corrected chi connectivity index (χ2v) is 7.87. The van der Waals surface area contributed by atoms with Gasteiger partial charge in [-0.1, -0.05) is 49.1 Å². The third kappa shape index (κ3) is 3.03. The normalized spacial score (nSPS) is 18.9. The van der Waals surface area contributed by atoms with Crippen molar-refractivity contribution in [3.63, 3.8) is 0 Å². The Morgan fingerprint density at radius 1 is 0.962 bits per heavy atom. The summed E-state index contributed by atoms with van der Waals surface area (Å²) in [4.78, 5) is 7.12. The quantitative estimate of drug-likeness (QED) is 0.702. The van der Waals surface area contributed by atoms with Crippen molar-refractivity contribution < 1.29 is 0 Å². The molecule has 4 rings (SSSR count). The van der Waals surface area contributed by atoms with Gasteiger partial charge in [0.05, 0.1) is 0 Å². The first kappa shape index (κ1) is 17.2. The zero-order valence-corrected chi connectivity index (χ0v) is 16.3. The molecule has 0 saturated heterocycles. The van der Waals surface area contributed by atoms with E-state index in [1.165, 1.54) is 30.4 Å². The molecule has 1 aliphatic heterocycles. The predicted molar refractivity (Wildman–Crippen MR) is 114 cm³/mol. The number of aryl methyl sites for hydroxylation is 2. The number of benzene rings is 2. The van der Waals surface area contributed by atoms with Crippen molar-refractivity contribution >= 4 is 34.5 Å². The zero-order valence-electron chi connectivity index (χ0n) is 15.5. The highest BCUT2D eigenvalue weighted by Gasteiger charge is 2.49. The number of nitrogens with zero attached hydrogens (tertiary/aromatic N) is 2. The van der Waals surface area contributed by atoms with Crippen molar-refractivity contribution in [3.8, 4) is 0 Å². The summed E-state index contributed by atoms with van der Waals surface area (Å²) in [6.07, 6.45) is 5.87. The largest absolute Gasteiger partial charge is 0.342 e. The number of hydrogen-bond acceptors (Lipinski definition) is 2. The van der Waals surface area contributed by atoms with Gasteiger partial charge in [0.2, 0.25) is 5.11 Å². The number of anilines is 2. The van der Waals surface area contributed by atoms with Gasteiger partial charge in [0, 0.05) is 11.4 Å². The summed E-state index contributed by atoms with van der Waals surface area (Å²) in [6.45, 7) is 4.23. The van der Waals surface area contributed by atoms with Crippen molar-refractivity contribution in [1.29, 1.82) is 0 Å².